The summed E-state index contributed by atoms with van der Waals surface area (Å²) < 4.78 is 0. The van der Waals surface area contributed by atoms with Gasteiger partial charge in [-0.25, -0.2) is 0 Å². The van der Waals surface area contributed by atoms with Crippen LogP contribution in [0.5, 0.6) is 0 Å². The van der Waals surface area contributed by atoms with Crippen LogP contribution in [0.4, 0.5) is 5.69 Å². The van der Waals surface area contributed by atoms with Gasteiger partial charge in [0.25, 0.3) is 5.91 Å². The highest BCUT2D eigenvalue weighted by molar-refractivity contribution is 6.34. The third kappa shape index (κ3) is 2.39. The standard InChI is InChI=1S/C16H21ClN2O/c1-19(9-12-8-10-5-6-11(12)7-10)16(20)15-13(17)3-2-4-14(15)18/h2-4,10-12H,5-9,18H2,1H3. The molecule has 108 valence electrons. The summed E-state index contributed by atoms with van der Waals surface area (Å²) in [5.74, 6) is 2.32. The SMILES string of the molecule is CN(CC1CC2CCC1C2)C(=O)c1c(N)cccc1Cl. The van der Waals surface area contributed by atoms with Crippen molar-refractivity contribution in [3.63, 3.8) is 0 Å². The highest BCUT2D eigenvalue weighted by Crippen LogP contribution is 2.48. The van der Waals surface area contributed by atoms with Gasteiger partial charge < -0.3 is 10.6 Å². The van der Waals surface area contributed by atoms with Crippen molar-refractivity contribution >= 4 is 23.2 Å². The maximum Gasteiger partial charge on any atom is 0.257 e. The second-order valence-electron chi connectivity index (χ2n) is 6.32. The van der Waals surface area contributed by atoms with E-state index in [0.717, 1.165) is 18.4 Å². The molecule has 2 aliphatic carbocycles. The summed E-state index contributed by atoms with van der Waals surface area (Å²) in [4.78, 5) is 14.3. The molecule has 3 nitrogen and oxygen atoms in total. The van der Waals surface area contributed by atoms with Gasteiger partial charge in [-0.15, -0.1) is 0 Å². The summed E-state index contributed by atoms with van der Waals surface area (Å²) in [7, 11) is 1.86. The Morgan fingerprint density at radius 1 is 1.40 bits per heavy atom. The number of amides is 1. The van der Waals surface area contributed by atoms with Crippen molar-refractivity contribution in [3.05, 3.63) is 28.8 Å². The van der Waals surface area contributed by atoms with Gasteiger partial charge in [0.1, 0.15) is 0 Å². The number of rotatable bonds is 3. The molecule has 0 radical (unpaired) electrons. The first kappa shape index (κ1) is 13.7. The number of anilines is 1. The summed E-state index contributed by atoms with van der Waals surface area (Å²) in [5, 5.41) is 0.440. The number of halogens is 1. The minimum absolute atomic E-state index is 0.0594. The summed E-state index contributed by atoms with van der Waals surface area (Å²) in [6, 6.07) is 5.21. The zero-order chi connectivity index (χ0) is 14.3. The normalized spacial score (nSPS) is 27.8. The smallest absolute Gasteiger partial charge is 0.257 e. The van der Waals surface area contributed by atoms with Crippen LogP contribution in [-0.2, 0) is 0 Å². The first-order chi connectivity index (χ1) is 9.56. The maximum absolute atomic E-state index is 12.5. The molecule has 20 heavy (non-hydrogen) atoms. The minimum atomic E-state index is -0.0594. The van der Waals surface area contributed by atoms with Crippen LogP contribution in [0.15, 0.2) is 18.2 Å². The van der Waals surface area contributed by atoms with Crippen LogP contribution in [0.25, 0.3) is 0 Å². The Bertz CT molecular complexity index is 511. The van der Waals surface area contributed by atoms with Gasteiger partial charge in [0.05, 0.1) is 10.6 Å². The number of hydrogen-bond acceptors (Lipinski definition) is 2. The molecule has 1 aromatic rings. The summed E-state index contributed by atoms with van der Waals surface area (Å²) in [6.45, 7) is 0.824. The van der Waals surface area contributed by atoms with Gasteiger partial charge >= 0.3 is 0 Å². The number of carbonyl (C=O) groups excluding carboxylic acids is 1. The monoisotopic (exact) mass is 292 g/mol. The summed E-state index contributed by atoms with van der Waals surface area (Å²) in [5.41, 5.74) is 6.80. The number of nitrogens with two attached hydrogens (primary N) is 1. The predicted molar refractivity (Wildman–Crippen MR) is 81.8 cm³/mol. The number of hydrogen-bond donors (Lipinski definition) is 1. The zero-order valence-corrected chi connectivity index (χ0v) is 12.6. The molecule has 2 aliphatic rings. The van der Waals surface area contributed by atoms with E-state index in [1.165, 1.54) is 25.7 Å². The van der Waals surface area contributed by atoms with Gasteiger partial charge in [0.15, 0.2) is 0 Å². The van der Waals surface area contributed by atoms with Gasteiger partial charge in [0, 0.05) is 19.3 Å². The molecule has 3 rings (SSSR count). The molecule has 2 N–H and O–H groups in total. The molecule has 2 bridgehead atoms. The molecule has 0 saturated heterocycles. The van der Waals surface area contributed by atoms with Gasteiger partial charge in [-0.1, -0.05) is 24.1 Å². The summed E-state index contributed by atoms with van der Waals surface area (Å²) in [6.07, 6.45) is 5.36. The molecular formula is C16H21ClN2O. The van der Waals surface area contributed by atoms with E-state index in [9.17, 15) is 4.79 Å². The van der Waals surface area contributed by atoms with Crippen molar-refractivity contribution in [3.8, 4) is 0 Å². The lowest BCUT2D eigenvalue weighted by Gasteiger charge is -2.27. The minimum Gasteiger partial charge on any atom is -0.398 e. The van der Waals surface area contributed by atoms with E-state index in [1.807, 2.05) is 7.05 Å². The van der Waals surface area contributed by atoms with Crippen molar-refractivity contribution in [1.82, 2.24) is 4.90 Å². The molecule has 3 atom stereocenters. The number of nitrogens with zero attached hydrogens (tertiary/aromatic N) is 1. The Morgan fingerprint density at radius 3 is 2.80 bits per heavy atom. The van der Waals surface area contributed by atoms with Crippen LogP contribution in [0.2, 0.25) is 5.02 Å². The van der Waals surface area contributed by atoms with E-state index >= 15 is 0 Å². The average molecular weight is 293 g/mol. The number of fused-ring (bicyclic) bond motifs is 2. The molecule has 2 fully saturated rings. The Morgan fingerprint density at radius 2 is 2.20 bits per heavy atom. The Labute approximate surface area is 125 Å². The lowest BCUT2D eigenvalue weighted by molar-refractivity contribution is 0.0755. The lowest BCUT2D eigenvalue weighted by atomic mass is 9.88. The van der Waals surface area contributed by atoms with Crippen molar-refractivity contribution < 1.29 is 4.79 Å². The van der Waals surface area contributed by atoms with Crippen molar-refractivity contribution in [2.45, 2.75) is 25.7 Å². The average Bonchev–Trinajstić information content (AvgIpc) is 3.00. The molecule has 1 amide bonds. The quantitative estimate of drug-likeness (QED) is 0.868. The lowest BCUT2D eigenvalue weighted by Crippen LogP contribution is -2.34. The largest absolute Gasteiger partial charge is 0.398 e. The Kier molecular flexibility index (Phi) is 3.63. The maximum atomic E-state index is 12.5. The highest BCUT2D eigenvalue weighted by Gasteiger charge is 2.40. The van der Waals surface area contributed by atoms with Crippen LogP contribution in [-0.4, -0.2) is 24.4 Å². The molecule has 0 aliphatic heterocycles. The molecule has 4 heteroatoms. The van der Waals surface area contributed by atoms with E-state index in [2.05, 4.69) is 0 Å². The zero-order valence-electron chi connectivity index (χ0n) is 11.8. The van der Waals surface area contributed by atoms with Gasteiger partial charge in [-0.05, 0) is 49.1 Å². The number of nitrogen functional groups attached to an aromatic ring is 1. The topological polar surface area (TPSA) is 46.3 Å². The second-order valence-corrected chi connectivity index (χ2v) is 6.73. The molecule has 0 aromatic heterocycles. The molecule has 2 saturated carbocycles. The fourth-order valence-corrected chi connectivity index (χ4v) is 4.25. The number of carbonyl (C=O) groups is 1. The second kappa shape index (κ2) is 5.28. The van der Waals surface area contributed by atoms with Gasteiger partial charge in [-0.2, -0.15) is 0 Å². The fourth-order valence-electron chi connectivity index (χ4n) is 3.99. The van der Waals surface area contributed by atoms with E-state index in [0.29, 0.717) is 22.2 Å². The van der Waals surface area contributed by atoms with E-state index < -0.39 is 0 Å². The van der Waals surface area contributed by atoms with Gasteiger partial charge in [-0.3, -0.25) is 4.79 Å². The summed E-state index contributed by atoms with van der Waals surface area (Å²) >= 11 is 6.12. The van der Waals surface area contributed by atoms with Crippen LogP contribution >= 0.6 is 11.6 Å². The van der Waals surface area contributed by atoms with E-state index in [1.54, 1.807) is 23.1 Å². The fraction of sp³-hybridized carbons (Fsp3) is 0.562. The van der Waals surface area contributed by atoms with Gasteiger partial charge in [0.2, 0.25) is 0 Å². The van der Waals surface area contributed by atoms with Crippen molar-refractivity contribution in [2.24, 2.45) is 17.8 Å². The molecule has 0 heterocycles. The van der Waals surface area contributed by atoms with Crippen LogP contribution < -0.4 is 5.73 Å². The molecule has 3 unspecified atom stereocenters. The van der Waals surface area contributed by atoms with E-state index in [-0.39, 0.29) is 5.91 Å². The Balaban J connectivity index is 1.71. The third-order valence-electron chi connectivity index (χ3n) is 5.00. The first-order valence-electron chi connectivity index (χ1n) is 7.35. The van der Waals surface area contributed by atoms with E-state index in [4.69, 9.17) is 17.3 Å². The molecule has 0 spiro atoms. The van der Waals surface area contributed by atoms with Crippen LogP contribution in [0.3, 0.4) is 0 Å². The third-order valence-corrected chi connectivity index (χ3v) is 5.31. The highest BCUT2D eigenvalue weighted by atomic mass is 35.5. The van der Waals surface area contributed by atoms with Crippen LogP contribution in [0, 0.1) is 17.8 Å². The van der Waals surface area contributed by atoms with Crippen molar-refractivity contribution in [2.75, 3.05) is 19.3 Å². The predicted octanol–water partition coefficient (Wildman–Crippen LogP) is 3.43. The first-order valence-corrected chi connectivity index (χ1v) is 7.73. The molecule has 1 aromatic carbocycles. The Hall–Kier alpha value is -1.22. The van der Waals surface area contributed by atoms with Crippen LogP contribution in [0.1, 0.15) is 36.0 Å². The number of benzene rings is 1. The van der Waals surface area contributed by atoms with Crippen molar-refractivity contribution in [1.29, 1.82) is 0 Å². The molecular weight excluding hydrogens is 272 g/mol.